The maximum absolute atomic E-state index is 13.4. The number of benzene rings is 1. The highest BCUT2D eigenvalue weighted by molar-refractivity contribution is 5.90. The lowest BCUT2D eigenvalue weighted by atomic mass is 9.99. The number of carbonyl (C=O) groups is 2. The molecule has 2 atom stereocenters. The topological polar surface area (TPSA) is 69.6 Å². The summed E-state index contributed by atoms with van der Waals surface area (Å²) < 4.78 is 13.4. The third-order valence-electron chi connectivity index (χ3n) is 3.33. The average Bonchev–Trinajstić information content (AvgIpc) is 2.74. The Bertz CT molecular complexity index is 506. The standard InChI is InChI=1S/C13H15FN2O3/c1-8-6-16(7-9(8)12(17)18)13(19)15-11-5-3-2-4-10(11)14/h2-5,8-9H,6-7H2,1H3,(H,15,19)(H,17,18)/t8-,9-/m1/s1. The van der Waals surface area contributed by atoms with Crippen molar-refractivity contribution in [3.63, 3.8) is 0 Å². The minimum absolute atomic E-state index is 0.0962. The fourth-order valence-corrected chi connectivity index (χ4v) is 2.21. The Morgan fingerprint density at radius 2 is 2.05 bits per heavy atom. The van der Waals surface area contributed by atoms with Crippen molar-refractivity contribution in [1.82, 2.24) is 4.90 Å². The molecule has 1 aromatic carbocycles. The van der Waals surface area contributed by atoms with Gasteiger partial charge in [0.25, 0.3) is 0 Å². The molecule has 19 heavy (non-hydrogen) atoms. The zero-order valence-electron chi connectivity index (χ0n) is 10.5. The molecule has 1 aliphatic heterocycles. The van der Waals surface area contributed by atoms with Gasteiger partial charge in [-0.1, -0.05) is 19.1 Å². The normalized spacial score (nSPS) is 22.3. The molecule has 1 aliphatic rings. The molecule has 0 radical (unpaired) electrons. The molecule has 1 heterocycles. The Morgan fingerprint density at radius 3 is 2.63 bits per heavy atom. The van der Waals surface area contributed by atoms with Crippen LogP contribution in [-0.2, 0) is 4.79 Å². The number of nitrogens with zero attached hydrogens (tertiary/aromatic N) is 1. The number of halogens is 1. The predicted molar refractivity (Wildman–Crippen MR) is 67.3 cm³/mol. The zero-order valence-corrected chi connectivity index (χ0v) is 10.5. The summed E-state index contributed by atoms with van der Waals surface area (Å²) in [6, 6.07) is 5.39. The van der Waals surface area contributed by atoms with Gasteiger partial charge in [-0.2, -0.15) is 0 Å². The number of likely N-dealkylation sites (tertiary alicyclic amines) is 1. The predicted octanol–water partition coefficient (Wildman–Crippen LogP) is 2.01. The van der Waals surface area contributed by atoms with Gasteiger partial charge in [0.1, 0.15) is 5.82 Å². The SMILES string of the molecule is C[C@@H]1CN(C(=O)Nc2ccccc2F)C[C@H]1C(=O)O. The maximum atomic E-state index is 13.4. The fraction of sp³-hybridized carbons (Fsp3) is 0.385. The van der Waals surface area contributed by atoms with Gasteiger partial charge in [-0.3, -0.25) is 4.79 Å². The smallest absolute Gasteiger partial charge is 0.321 e. The summed E-state index contributed by atoms with van der Waals surface area (Å²) in [5, 5.41) is 11.4. The van der Waals surface area contributed by atoms with E-state index in [-0.39, 0.29) is 18.2 Å². The number of aliphatic carboxylic acids is 1. The summed E-state index contributed by atoms with van der Waals surface area (Å²) in [7, 11) is 0. The second-order valence-corrected chi connectivity index (χ2v) is 4.74. The van der Waals surface area contributed by atoms with Crippen LogP contribution in [0.25, 0.3) is 0 Å². The zero-order chi connectivity index (χ0) is 14.0. The summed E-state index contributed by atoms with van der Waals surface area (Å²) in [5.41, 5.74) is 0.0962. The van der Waals surface area contributed by atoms with Gasteiger partial charge in [0.15, 0.2) is 0 Å². The van der Waals surface area contributed by atoms with Crippen molar-refractivity contribution in [1.29, 1.82) is 0 Å². The van der Waals surface area contributed by atoms with Gasteiger partial charge in [-0.05, 0) is 18.1 Å². The third-order valence-corrected chi connectivity index (χ3v) is 3.33. The monoisotopic (exact) mass is 266 g/mol. The molecule has 1 saturated heterocycles. The molecule has 2 amide bonds. The summed E-state index contributed by atoms with van der Waals surface area (Å²) in [6.07, 6.45) is 0. The van der Waals surface area contributed by atoms with Crippen molar-refractivity contribution in [3.05, 3.63) is 30.1 Å². The Kier molecular flexibility index (Phi) is 3.69. The lowest BCUT2D eigenvalue weighted by Crippen LogP contribution is -2.34. The van der Waals surface area contributed by atoms with Gasteiger partial charge < -0.3 is 15.3 Å². The Hall–Kier alpha value is -2.11. The van der Waals surface area contributed by atoms with Gasteiger partial charge in [-0.15, -0.1) is 0 Å². The molecule has 6 heteroatoms. The largest absolute Gasteiger partial charge is 0.481 e. The molecule has 102 valence electrons. The Morgan fingerprint density at radius 1 is 1.37 bits per heavy atom. The molecule has 0 aromatic heterocycles. The fourth-order valence-electron chi connectivity index (χ4n) is 2.21. The molecule has 0 aliphatic carbocycles. The van der Waals surface area contributed by atoms with Crippen molar-refractivity contribution < 1.29 is 19.1 Å². The number of carboxylic acid groups (broad SMARTS) is 1. The molecule has 0 spiro atoms. The van der Waals surface area contributed by atoms with Gasteiger partial charge in [-0.25, -0.2) is 9.18 Å². The molecule has 5 nitrogen and oxygen atoms in total. The van der Waals surface area contributed by atoms with Crippen LogP contribution in [-0.4, -0.2) is 35.1 Å². The van der Waals surface area contributed by atoms with E-state index >= 15 is 0 Å². The highest BCUT2D eigenvalue weighted by Crippen LogP contribution is 2.24. The van der Waals surface area contributed by atoms with Crippen LogP contribution in [0.2, 0.25) is 0 Å². The number of amides is 2. The number of rotatable bonds is 2. The summed E-state index contributed by atoms with van der Waals surface area (Å²) >= 11 is 0. The van der Waals surface area contributed by atoms with E-state index in [1.807, 2.05) is 0 Å². The lowest BCUT2D eigenvalue weighted by molar-refractivity contribution is -0.142. The first kappa shape index (κ1) is 13.3. The number of hydrogen-bond acceptors (Lipinski definition) is 2. The molecule has 0 saturated carbocycles. The van der Waals surface area contributed by atoms with E-state index in [0.29, 0.717) is 6.54 Å². The summed E-state index contributed by atoms with van der Waals surface area (Å²) in [4.78, 5) is 24.3. The van der Waals surface area contributed by atoms with E-state index in [1.165, 1.54) is 23.1 Å². The van der Waals surface area contributed by atoms with Crippen LogP contribution in [0.15, 0.2) is 24.3 Å². The van der Waals surface area contributed by atoms with Gasteiger partial charge in [0.2, 0.25) is 0 Å². The summed E-state index contributed by atoms with van der Waals surface area (Å²) in [6.45, 7) is 2.29. The minimum atomic E-state index is -0.909. The number of hydrogen-bond donors (Lipinski definition) is 2. The van der Waals surface area contributed by atoms with Crippen LogP contribution in [0, 0.1) is 17.7 Å². The molecule has 1 fully saturated rings. The van der Waals surface area contributed by atoms with Crippen molar-refractivity contribution in [3.8, 4) is 0 Å². The van der Waals surface area contributed by atoms with E-state index in [9.17, 15) is 14.0 Å². The number of para-hydroxylation sites is 1. The van der Waals surface area contributed by atoms with Crippen LogP contribution in [0.5, 0.6) is 0 Å². The van der Waals surface area contributed by atoms with E-state index < -0.39 is 23.7 Å². The molecular formula is C13H15FN2O3. The van der Waals surface area contributed by atoms with Crippen LogP contribution in [0.3, 0.4) is 0 Å². The number of carboxylic acids is 1. The second-order valence-electron chi connectivity index (χ2n) is 4.74. The van der Waals surface area contributed by atoms with Crippen LogP contribution < -0.4 is 5.32 Å². The van der Waals surface area contributed by atoms with E-state index in [1.54, 1.807) is 13.0 Å². The number of anilines is 1. The van der Waals surface area contributed by atoms with Gasteiger partial charge in [0, 0.05) is 13.1 Å². The first-order valence-electron chi connectivity index (χ1n) is 6.02. The molecule has 2 N–H and O–H groups in total. The minimum Gasteiger partial charge on any atom is -0.481 e. The third kappa shape index (κ3) is 2.83. The Labute approximate surface area is 110 Å². The van der Waals surface area contributed by atoms with E-state index in [4.69, 9.17) is 5.11 Å². The van der Waals surface area contributed by atoms with Crippen molar-refractivity contribution >= 4 is 17.7 Å². The molecule has 2 rings (SSSR count). The molecule has 1 aromatic rings. The summed E-state index contributed by atoms with van der Waals surface area (Å²) in [5.74, 6) is -2.10. The van der Waals surface area contributed by atoms with Crippen molar-refractivity contribution in [2.24, 2.45) is 11.8 Å². The van der Waals surface area contributed by atoms with Crippen molar-refractivity contribution in [2.45, 2.75) is 6.92 Å². The van der Waals surface area contributed by atoms with Crippen LogP contribution in [0.1, 0.15) is 6.92 Å². The van der Waals surface area contributed by atoms with Gasteiger partial charge >= 0.3 is 12.0 Å². The maximum Gasteiger partial charge on any atom is 0.321 e. The van der Waals surface area contributed by atoms with E-state index in [0.717, 1.165) is 0 Å². The van der Waals surface area contributed by atoms with Gasteiger partial charge in [0.05, 0.1) is 11.6 Å². The highest BCUT2D eigenvalue weighted by Gasteiger charge is 2.37. The average molecular weight is 266 g/mol. The van der Waals surface area contributed by atoms with E-state index in [2.05, 4.69) is 5.32 Å². The number of nitrogens with one attached hydrogen (secondary N) is 1. The Balaban J connectivity index is 2.02. The van der Waals surface area contributed by atoms with Crippen LogP contribution in [0.4, 0.5) is 14.9 Å². The second kappa shape index (κ2) is 5.26. The quantitative estimate of drug-likeness (QED) is 0.860. The number of carbonyl (C=O) groups excluding carboxylic acids is 1. The van der Waals surface area contributed by atoms with Crippen LogP contribution >= 0.6 is 0 Å². The molecule has 0 bridgehead atoms. The lowest BCUT2D eigenvalue weighted by Gasteiger charge is -2.17. The molecular weight excluding hydrogens is 251 g/mol. The number of urea groups is 1. The van der Waals surface area contributed by atoms with Crippen molar-refractivity contribution in [2.75, 3.05) is 18.4 Å². The first-order chi connectivity index (χ1) is 8.99. The first-order valence-corrected chi connectivity index (χ1v) is 6.02. The highest BCUT2D eigenvalue weighted by atomic mass is 19.1. The molecule has 0 unspecified atom stereocenters.